The summed E-state index contributed by atoms with van der Waals surface area (Å²) in [5.74, 6) is -0.692. The number of fused-ring (bicyclic) bond motifs is 1. The normalized spacial score (nSPS) is 20.0. The highest BCUT2D eigenvalue weighted by atomic mass is 35.5. The molecule has 1 amide bonds. The van der Waals surface area contributed by atoms with Crippen LogP contribution in [0.1, 0.15) is 45.1 Å². The number of hydrogen-bond acceptors (Lipinski definition) is 5. The van der Waals surface area contributed by atoms with Crippen LogP contribution in [0.15, 0.2) is 71.1 Å². The zero-order chi connectivity index (χ0) is 23.3. The van der Waals surface area contributed by atoms with Crippen LogP contribution in [-0.4, -0.2) is 16.7 Å². The Hall–Kier alpha value is -2.96. The summed E-state index contributed by atoms with van der Waals surface area (Å²) in [6.45, 7) is 6.08. The number of nitrogens with one attached hydrogen (secondary N) is 2. The van der Waals surface area contributed by atoms with Crippen LogP contribution >= 0.6 is 22.9 Å². The number of carbonyl (C=O) groups excluding carboxylic acids is 2. The highest BCUT2D eigenvalue weighted by molar-refractivity contribution is 7.22. The van der Waals surface area contributed by atoms with E-state index in [0.717, 1.165) is 33.6 Å². The van der Waals surface area contributed by atoms with Crippen molar-refractivity contribution >= 4 is 50.0 Å². The summed E-state index contributed by atoms with van der Waals surface area (Å²) < 4.78 is 1.00. The van der Waals surface area contributed by atoms with E-state index in [1.165, 1.54) is 11.3 Å². The maximum absolute atomic E-state index is 13.6. The van der Waals surface area contributed by atoms with Crippen molar-refractivity contribution in [3.05, 3.63) is 81.7 Å². The number of dihydropyridines is 1. The minimum Gasteiger partial charge on any atom is -0.362 e. The van der Waals surface area contributed by atoms with E-state index < -0.39 is 5.92 Å². The van der Waals surface area contributed by atoms with Crippen molar-refractivity contribution in [3.8, 4) is 0 Å². The van der Waals surface area contributed by atoms with Gasteiger partial charge in [-0.25, -0.2) is 4.98 Å². The average Bonchev–Trinajstić information content (AvgIpc) is 3.13. The van der Waals surface area contributed by atoms with E-state index in [1.807, 2.05) is 49.4 Å². The number of carbonyl (C=O) groups is 2. The summed E-state index contributed by atoms with van der Waals surface area (Å²) in [6.07, 6.45) is 1.19. The topological polar surface area (TPSA) is 71.1 Å². The lowest BCUT2D eigenvalue weighted by Gasteiger charge is -2.39. The van der Waals surface area contributed by atoms with Crippen LogP contribution in [0.25, 0.3) is 10.2 Å². The second-order valence-electron chi connectivity index (χ2n) is 9.43. The third-order valence-corrected chi connectivity index (χ3v) is 7.37. The van der Waals surface area contributed by atoms with E-state index >= 15 is 0 Å². The fourth-order valence-corrected chi connectivity index (χ4v) is 5.91. The molecule has 33 heavy (non-hydrogen) atoms. The number of rotatable bonds is 3. The lowest BCUT2D eigenvalue weighted by Crippen LogP contribution is -2.39. The van der Waals surface area contributed by atoms with E-state index in [4.69, 9.17) is 11.6 Å². The number of anilines is 1. The van der Waals surface area contributed by atoms with E-state index in [1.54, 1.807) is 6.07 Å². The highest BCUT2D eigenvalue weighted by Gasteiger charge is 2.42. The minimum absolute atomic E-state index is 0.0662. The number of halogens is 1. The van der Waals surface area contributed by atoms with Gasteiger partial charge in [-0.15, -0.1) is 0 Å². The molecule has 1 aromatic heterocycles. The number of para-hydroxylation sites is 1. The molecule has 2 N–H and O–H groups in total. The molecule has 0 radical (unpaired) electrons. The Morgan fingerprint density at radius 1 is 1.18 bits per heavy atom. The van der Waals surface area contributed by atoms with Crippen molar-refractivity contribution in [2.24, 2.45) is 5.41 Å². The monoisotopic (exact) mass is 477 g/mol. The van der Waals surface area contributed by atoms with Gasteiger partial charge in [0.25, 0.3) is 5.91 Å². The molecule has 2 aromatic carbocycles. The Balaban J connectivity index is 1.58. The quantitative estimate of drug-likeness (QED) is 0.471. The van der Waals surface area contributed by atoms with E-state index in [0.29, 0.717) is 27.7 Å². The molecule has 0 fully saturated rings. The number of benzene rings is 2. The largest absolute Gasteiger partial charge is 0.362 e. The first-order valence-corrected chi connectivity index (χ1v) is 12.1. The van der Waals surface area contributed by atoms with Gasteiger partial charge in [-0.3, -0.25) is 14.9 Å². The molecule has 2 heterocycles. The molecule has 1 aliphatic carbocycles. The maximum atomic E-state index is 13.6. The van der Waals surface area contributed by atoms with Crippen LogP contribution in [0.4, 0.5) is 5.13 Å². The van der Waals surface area contributed by atoms with E-state index in [2.05, 4.69) is 29.5 Å². The summed E-state index contributed by atoms with van der Waals surface area (Å²) in [4.78, 5) is 31.5. The predicted octanol–water partition coefficient (Wildman–Crippen LogP) is 6.19. The van der Waals surface area contributed by atoms with Gasteiger partial charge in [0.05, 0.1) is 10.2 Å². The molecule has 1 aliphatic heterocycles. The zero-order valence-corrected chi connectivity index (χ0v) is 20.2. The second kappa shape index (κ2) is 8.12. The van der Waals surface area contributed by atoms with Gasteiger partial charge >= 0.3 is 0 Å². The Kier molecular flexibility index (Phi) is 5.38. The summed E-state index contributed by atoms with van der Waals surface area (Å²) >= 11 is 7.75. The van der Waals surface area contributed by atoms with Gasteiger partial charge < -0.3 is 5.32 Å². The first kappa shape index (κ1) is 21.9. The Morgan fingerprint density at radius 3 is 2.73 bits per heavy atom. The van der Waals surface area contributed by atoms with Gasteiger partial charge in [-0.05, 0) is 48.6 Å². The van der Waals surface area contributed by atoms with Crippen molar-refractivity contribution in [1.82, 2.24) is 10.3 Å². The summed E-state index contributed by atoms with van der Waals surface area (Å²) in [6, 6.07) is 15.2. The molecule has 2 aliphatic rings. The van der Waals surface area contributed by atoms with Gasteiger partial charge in [0.2, 0.25) is 0 Å². The molecule has 0 spiro atoms. The predicted molar refractivity (Wildman–Crippen MR) is 133 cm³/mol. The van der Waals surface area contributed by atoms with Gasteiger partial charge in [0.15, 0.2) is 10.9 Å². The Bertz CT molecular complexity index is 1340. The van der Waals surface area contributed by atoms with Crippen LogP contribution in [0, 0.1) is 5.41 Å². The van der Waals surface area contributed by atoms with Gasteiger partial charge in [0.1, 0.15) is 0 Å². The van der Waals surface area contributed by atoms with Crippen molar-refractivity contribution in [2.75, 3.05) is 5.32 Å². The molecule has 168 valence electrons. The van der Waals surface area contributed by atoms with Crippen LogP contribution in [0.3, 0.4) is 0 Å². The number of thiazole rings is 1. The van der Waals surface area contributed by atoms with Gasteiger partial charge in [-0.1, -0.05) is 61.1 Å². The molecule has 7 heteroatoms. The van der Waals surface area contributed by atoms with Crippen LogP contribution in [0.2, 0.25) is 5.02 Å². The molecular formula is C26H24ClN3O2S. The third-order valence-electron chi connectivity index (χ3n) is 6.18. The molecule has 0 bridgehead atoms. The first-order valence-electron chi connectivity index (χ1n) is 10.9. The van der Waals surface area contributed by atoms with E-state index in [-0.39, 0.29) is 17.1 Å². The van der Waals surface area contributed by atoms with Crippen LogP contribution in [-0.2, 0) is 9.59 Å². The Labute approximate surface area is 201 Å². The molecule has 0 saturated heterocycles. The fourth-order valence-electron chi connectivity index (χ4n) is 4.85. The van der Waals surface area contributed by atoms with Crippen molar-refractivity contribution in [1.29, 1.82) is 0 Å². The van der Waals surface area contributed by atoms with Crippen LogP contribution in [0.5, 0.6) is 0 Å². The Morgan fingerprint density at radius 2 is 1.97 bits per heavy atom. The number of allylic oxidation sites excluding steroid dienone is 3. The van der Waals surface area contributed by atoms with Crippen molar-refractivity contribution in [2.45, 2.75) is 39.5 Å². The molecule has 0 unspecified atom stereocenters. The average molecular weight is 478 g/mol. The smallest absolute Gasteiger partial charge is 0.256 e. The van der Waals surface area contributed by atoms with Crippen molar-refractivity contribution < 1.29 is 9.59 Å². The maximum Gasteiger partial charge on any atom is 0.256 e. The lowest BCUT2D eigenvalue weighted by molar-refractivity contribution is -0.118. The number of aromatic nitrogens is 1. The number of amides is 1. The van der Waals surface area contributed by atoms with Crippen molar-refractivity contribution in [3.63, 3.8) is 0 Å². The summed E-state index contributed by atoms with van der Waals surface area (Å²) in [5, 5.41) is 7.47. The molecule has 5 rings (SSSR count). The lowest BCUT2D eigenvalue weighted by atomic mass is 9.68. The molecule has 0 saturated carbocycles. The summed E-state index contributed by atoms with van der Waals surface area (Å²) in [5.41, 5.74) is 4.35. The number of ketones is 1. The molecule has 5 nitrogen and oxygen atoms in total. The van der Waals surface area contributed by atoms with E-state index in [9.17, 15) is 9.59 Å². The highest BCUT2D eigenvalue weighted by Crippen LogP contribution is 2.47. The SMILES string of the molecule is CC1=C(C(=O)Nc2nc3ccccc3s2)[C@@H](c2cccc(Cl)c2)C2=C(CC(C)(C)CC2=O)N1. The minimum atomic E-state index is -0.488. The summed E-state index contributed by atoms with van der Waals surface area (Å²) in [7, 11) is 0. The van der Waals surface area contributed by atoms with Gasteiger partial charge in [0, 0.05) is 39.9 Å². The number of hydrogen-bond donors (Lipinski definition) is 2. The molecule has 1 atom stereocenters. The van der Waals surface area contributed by atoms with Crippen LogP contribution < -0.4 is 10.6 Å². The third kappa shape index (κ3) is 4.09. The van der Waals surface area contributed by atoms with Gasteiger partial charge in [-0.2, -0.15) is 0 Å². The standard InChI is InChI=1S/C26H24ClN3O2S/c1-14-21(24(32)30-25-29-17-9-4-5-10-20(17)33-25)22(15-7-6-8-16(27)11-15)23-18(28-14)12-26(2,3)13-19(23)31/h4-11,22,28H,12-13H2,1-3H3,(H,29,30,32)/t22-/m1/s1. The number of nitrogens with zero attached hydrogens (tertiary/aromatic N) is 1. The molecule has 3 aromatic rings. The number of Topliss-reactive ketones (excluding diaryl/α,β-unsaturated/α-hetero) is 1. The molecular weight excluding hydrogens is 454 g/mol. The first-order chi connectivity index (χ1) is 15.7. The second-order valence-corrected chi connectivity index (χ2v) is 10.9. The fraction of sp³-hybridized carbons (Fsp3) is 0.269. The zero-order valence-electron chi connectivity index (χ0n) is 18.7.